The minimum atomic E-state index is 0.165. The third-order valence-corrected chi connectivity index (χ3v) is 3.83. The second-order valence-electron chi connectivity index (χ2n) is 5.38. The van der Waals surface area contributed by atoms with Crippen molar-refractivity contribution in [2.24, 2.45) is 0 Å². The van der Waals surface area contributed by atoms with E-state index in [0.29, 0.717) is 37.2 Å². The van der Waals surface area contributed by atoms with Gasteiger partial charge in [0.1, 0.15) is 0 Å². The minimum Gasteiger partial charge on any atom is -0.384 e. The van der Waals surface area contributed by atoms with Crippen molar-refractivity contribution in [3.05, 3.63) is 23.4 Å². The van der Waals surface area contributed by atoms with Crippen molar-refractivity contribution in [1.29, 1.82) is 0 Å². The molecule has 1 unspecified atom stereocenters. The predicted molar refractivity (Wildman–Crippen MR) is 75.9 cm³/mol. The summed E-state index contributed by atoms with van der Waals surface area (Å²) >= 11 is 0. The lowest BCUT2D eigenvalue weighted by atomic mass is 10.2. The molecule has 0 radical (unpaired) electrons. The predicted octanol–water partition coefficient (Wildman–Crippen LogP) is 1.54. The number of hydrogen-bond donors (Lipinski definition) is 0. The number of aryl methyl sites for hydroxylation is 1. The first-order valence-corrected chi connectivity index (χ1v) is 7.67. The van der Waals surface area contributed by atoms with E-state index in [-0.39, 0.29) is 6.04 Å². The zero-order valence-corrected chi connectivity index (χ0v) is 13.0. The molecule has 1 aliphatic rings. The summed E-state index contributed by atoms with van der Waals surface area (Å²) < 4.78 is 15.5. The maximum atomic E-state index is 5.31. The second kappa shape index (κ2) is 6.97. The molecule has 0 aliphatic carbocycles. The number of rotatable bonds is 7. The van der Waals surface area contributed by atoms with Gasteiger partial charge in [0.2, 0.25) is 11.8 Å². The monoisotopic (exact) mass is 307 g/mol. The average molecular weight is 307 g/mol. The normalized spacial score (nSPS) is 19.1. The maximum absolute atomic E-state index is 5.31. The number of likely N-dealkylation sites (tertiary alicyclic amines) is 1. The summed E-state index contributed by atoms with van der Waals surface area (Å²) in [5, 5.41) is 8.06. The maximum Gasteiger partial charge on any atom is 0.240 e. The van der Waals surface area contributed by atoms with Crippen molar-refractivity contribution < 1.29 is 13.8 Å². The summed E-state index contributed by atoms with van der Waals surface area (Å²) in [6.45, 7) is 4.18. The number of ether oxygens (including phenoxy) is 1. The Labute approximate surface area is 128 Å². The van der Waals surface area contributed by atoms with Crippen LogP contribution in [0.5, 0.6) is 0 Å². The molecule has 1 atom stereocenters. The molecule has 1 saturated heterocycles. The Morgan fingerprint density at radius 2 is 2.09 bits per heavy atom. The Morgan fingerprint density at radius 3 is 2.86 bits per heavy atom. The molecule has 0 saturated carbocycles. The van der Waals surface area contributed by atoms with Gasteiger partial charge in [-0.1, -0.05) is 17.2 Å². The van der Waals surface area contributed by atoms with E-state index in [1.54, 1.807) is 7.11 Å². The van der Waals surface area contributed by atoms with Crippen molar-refractivity contribution in [2.45, 2.75) is 45.2 Å². The minimum absolute atomic E-state index is 0.165. The zero-order chi connectivity index (χ0) is 15.4. The first-order chi connectivity index (χ1) is 10.8. The fraction of sp³-hybridized carbons (Fsp3) is 0.714. The van der Waals surface area contributed by atoms with Gasteiger partial charge in [0.15, 0.2) is 11.6 Å². The Hall–Kier alpha value is -1.80. The van der Waals surface area contributed by atoms with Gasteiger partial charge in [-0.25, -0.2) is 0 Å². The van der Waals surface area contributed by atoms with Gasteiger partial charge in [-0.2, -0.15) is 9.97 Å². The Balaban J connectivity index is 1.64. The first kappa shape index (κ1) is 15.1. The van der Waals surface area contributed by atoms with Crippen LogP contribution in [0, 0.1) is 0 Å². The van der Waals surface area contributed by atoms with E-state index in [1.807, 2.05) is 6.92 Å². The molecule has 3 rings (SSSR count). The van der Waals surface area contributed by atoms with Crippen molar-refractivity contribution in [3.8, 4) is 0 Å². The van der Waals surface area contributed by atoms with Gasteiger partial charge in [-0.05, 0) is 19.4 Å². The molecule has 1 fully saturated rings. The highest BCUT2D eigenvalue weighted by Crippen LogP contribution is 2.31. The van der Waals surface area contributed by atoms with E-state index in [0.717, 1.165) is 31.6 Å². The summed E-state index contributed by atoms with van der Waals surface area (Å²) in [7, 11) is 1.66. The third kappa shape index (κ3) is 3.33. The Bertz CT molecular complexity index is 597. The van der Waals surface area contributed by atoms with Crippen molar-refractivity contribution in [3.63, 3.8) is 0 Å². The average Bonchev–Trinajstić information content (AvgIpc) is 3.25. The molecule has 2 aromatic heterocycles. The smallest absolute Gasteiger partial charge is 0.240 e. The van der Waals surface area contributed by atoms with Gasteiger partial charge in [0.05, 0.1) is 19.2 Å². The van der Waals surface area contributed by atoms with E-state index in [2.05, 4.69) is 25.2 Å². The molecule has 0 aromatic carbocycles. The highest BCUT2D eigenvalue weighted by molar-refractivity contribution is 4.99. The fourth-order valence-electron chi connectivity index (χ4n) is 2.68. The second-order valence-corrected chi connectivity index (χ2v) is 5.38. The number of methoxy groups -OCH3 is 1. The van der Waals surface area contributed by atoms with Gasteiger partial charge in [0.25, 0.3) is 0 Å². The molecule has 8 nitrogen and oxygen atoms in total. The van der Waals surface area contributed by atoms with Crippen LogP contribution in [0.15, 0.2) is 9.05 Å². The number of hydrogen-bond acceptors (Lipinski definition) is 8. The summed E-state index contributed by atoms with van der Waals surface area (Å²) in [5.41, 5.74) is 0. The van der Waals surface area contributed by atoms with Crippen LogP contribution < -0.4 is 0 Å². The molecule has 0 bridgehead atoms. The summed E-state index contributed by atoms with van der Waals surface area (Å²) in [4.78, 5) is 11.1. The van der Waals surface area contributed by atoms with Crippen LogP contribution in [-0.2, 0) is 24.1 Å². The highest BCUT2D eigenvalue weighted by Gasteiger charge is 2.31. The standard InChI is InChI=1S/C14H21N5O3/c1-3-12-16-14(18-21-12)10-5-4-7-19(10)9-13-15-11(17-22-13)6-8-20-2/h10H,3-9H2,1-2H3. The van der Waals surface area contributed by atoms with Crippen LogP contribution in [0.1, 0.15) is 49.2 Å². The molecule has 0 spiro atoms. The van der Waals surface area contributed by atoms with Crippen molar-refractivity contribution in [2.75, 3.05) is 20.3 Å². The first-order valence-electron chi connectivity index (χ1n) is 7.67. The van der Waals surface area contributed by atoms with Crippen LogP contribution in [0.4, 0.5) is 0 Å². The van der Waals surface area contributed by atoms with E-state index >= 15 is 0 Å². The van der Waals surface area contributed by atoms with Crippen molar-refractivity contribution >= 4 is 0 Å². The van der Waals surface area contributed by atoms with Crippen LogP contribution in [0.25, 0.3) is 0 Å². The third-order valence-electron chi connectivity index (χ3n) is 3.83. The topological polar surface area (TPSA) is 90.3 Å². The molecule has 3 heterocycles. The Kier molecular flexibility index (Phi) is 4.79. The molecular formula is C14H21N5O3. The molecular weight excluding hydrogens is 286 g/mol. The molecule has 0 amide bonds. The van der Waals surface area contributed by atoms with Gasteiger partial charge in [-0.15, -0.1) is 0 Å². The van der Waals surface area contributed by atoms with E-state index in [4.69, 9.17) is 13.8 Å². The van der Waals surface area contributed by atoms with Gasteiger partial charge in [-0.3, -0.25) is 4.90 Å². The lowest BCUT2D eigenvalue weighted by Crippen LogP contribution is -2.23. The van der Waals surface area contributed by atoms with Crippen LogP contribution in [0.2, 0.25) is 0 Å². The quantitative estimate of drug-likeness (QED) is 0.761. The lowest BCUT2D eigenvalue weighted by Gasteiger charge is -2.19. The Morgan fingerprint density at radius 1 is 1.23 bits per heavy atom. The largest absolute Gasteiger partial charge is 0.384 e. The molecule has 2 aromatic rings. The molecule has 8 heteroatoms. The van der Waals surface area contributed by atoms with E-state index in [1.165, 1.54) is 0 Å². The SMILES string of the molecule is CCc1nc(C2CCCN2Cc2nc(CCOC)no2)no1. The van der Waals surface area contributed by atoms with E-state index < -0.39 is 0 Å². The van der Waals surface area contributed by atoms with Crippen molar-refractivity contribution in [1.82, 2.24) is 25.2 Å². The highest BCUT2D eigenvalue weighted by atomic mass is 16.5. The van der Waals surface area contributed by atoms with Gasteiger partial charge < -0.3 is 13.8 Å². The fourth-order valence-corrected chi connectivity index (χ4v) is 2.68. The van der Waals surface area contributed by atoms with Gasteiger partial charge in [0, 0.05) is 20.0 Å². The summed E-state index contributed by atoms with van der Waals surface area (Å²) in [6, 6.07) is 0.165. The number of aromatic nitrogens is 4. The lowest BCUT2D eigenvalue weighted by molar-refractivity contribution is 0.197. The van der Waals surface area contributed by atoms with Crippen LogP contribution >= 0.6 is 0 Å². The van der Waals surface area contributed by atoms with Crippen LogP contribution in [0.3, 0.4) is 0 Å². The summed E-state index contributed by atoms with van der Waals surface area (Å²) in [6.07, 6.45) is 3.54. The molecule has 0 N–H and O–H groups in total. The molecule has 120 valence electrons. The molecule has 22 heavy (non-hydrogen) atoms. The van der Waals surface area contributed by atoms with Gasteiger partial charge >= 0.3 is 0 Å². The van der Waals surface area contributed by atoms with E-state index in [9.17, 15) is 0 Å². The van der Waals surface area contributed by atoms with Crippen LogP contribution in [-0.4, -0.2) is 45.4 Å². The zero-order valence-electron chi connectivity index (χ0n) is 13.0. The molecule has 1 aliphatic heterocycles. The summed E-state index contributed by atoms with van der Waals surface area (Å²) in [5.74, 6) is 2.74. The number of nitrogens with zero attached hydrogens (tertiary/aromatic N) is 5.